The van der Waals surface area contributed by atoms with Gasteiger partial charge in [-0.15, -0.1) is 11.3 Å². The molecule has 1 fully saturated rings. The van der Waals surface area contributed by atoms with Crippen molar-refractivity contribution in [3.05, 3.63) is 48.1 Å². The van der Waals surface area contributed by atoms with E-state index in [1.807, 2.05) is 29.6 Å². The molecule has 0 bridgehead atoms. The van der Waals surface area contributed by atoms with Crippen LogP contribution in [0, 0.1) is 0 Å². The molecule has 0 aliphatic carbocycles. The summed E-state index contributed by atoms with van der Waals surface area (Å²) in [5.74, 6) is 1.90. The van der Waals surface area contributed by atoms with Gasteiger partial charge < -0.3 is 9.80 Å². The molecule has 4 rings (SSSR count). The summed E-state index contributed by atoms with van der Waals surface area (Å²) in [5, 5.41) is 8.20. The van der Waals surface area contributed by atoms with Gasteiger partial charge in [0.15, 0.2) is 0 Å². The summed E-state index contributed by atoms with van der Waals surface area (Å²) >= 11 is 1.47. The number of hydrogen-bond donors (Lipinski definition) is 2. The van der Waals surface area contributed by atoms with E-state index in [-0.39, 0.29) is 6.03 Å². The maximum Gasteiger partial charge on any atom is 0.326 e. The number of amides is 2. The van der Waals surface area contributed by atoms with Gasteiger partial charge in [-0.3, -0.25) is 15.6 Å². The summed E-state index contributed by atoms with van der Waals surface area (Å²) in [7, 11) is 0. The lowest BCUT2D eigenvalue weighted by atomic mass is 10.3. The standard InChI is InChI=1S/C20H23N7OS/c1-2-26-10-12-27(13-11-26)18-5-3-4-16(22-18)24-20(28)25-17-14-29-19(23-17)15-6-8-21-9-7-15/h3-9,14H,2,10-13H2,1H3,(H2,22,24,25,28). The fourth-order valence-corrected chi connectivity index (χ4v) is 3.94. The molecule has 1 aliphatic rings. The number of nitrogens with zero attached hydrogens (tertiary/aromatic N) is 5. The minimum absolute atomic E-state index is 0.364. The van der Waals surface area contributed by atoms with Crippen molar-refractivity contribution in [2.75, 3.05) is 48.3 Å². The number of rotatable bonds is 5. The number of anilines is 3. The first-order valence-electron chi connectivity index (χ1n) is 9.59. The normalized spacial score (nSPS) is 14.6. The first-order chi connectivity index (χ1) is 14.2. The average Bonchev–Trinajstić information content (AvgIpc) is 3.23. The van der Waals surface area contributed by atoms with Crippen molar-refractivity contribution in [2.45, 2.75) is 6.92 Å². The fourth-order valence-electron chi connectivity index (χ4n) is 3.18. The van der Waals surface area contributed by atoms with Gasteiger partial charge in [-0.25, -0.2) is 14.8 Å². The summed E-state index contributed by atoms with van der Waals surface area (Å²) in [6.45, 7) is 7.18. The molecule has 4 heterocycles. The number of nitrogens with one attached hydrogen (secondary N) is 2. The summed E-state index contributed by atoms with van der Waals surface area (Å²) in [4.78, 5) is 30.1. The van der Waals surface area contributed by atoms with Crippen molar-refractivity contribution in [1.82, 2.24) is 19.9 Å². The Morgan fingerprint density at radius 3 is 2.55 bits per heavy atom. The number of carbonyl (C=O) groups is 1. The lowest BCUT2D eigenvalue weighted by Gasteiger charge is -2.34. The van der Waals surface area contributed by atoms with E-state index < -0.39 is 0 Å². The van der Waals surface area contributed by atoms with Gasteiger partial charge >= 0.3 is 6.03 Å². The summed E-state index contributed by atoms with van der Waals surface area (Å²) in [5.41, 5.74) is 0.969. The Kier molecular flexibility index (Phi) is 5.97. The molecule has 2 N–H and O–H groups in total. The summed E-state index contributed by atoms with van der Waals surface area (Å²) in [6, 6.07) is 9.09. The number of likely N-dealkylation sites (N-methyl/N-ethyl adjacent to an activating group) is 1. The fraction of sp³-hybridized carbons (Fsp3) is 0.300. The van der Waals surface area contributed by atoms with Gasteiger partial charge in [0.05, 0.1) is 0 Å². The first kappa shape index (κ1) is 19.3. The van der Waals surface area contributed by atoms with Gasteiger partial charge in [-0.05, 0) is 30.8 Å². The molecular formula is C20H23N7OS. The maximum atomic E-state index is 12.4. The molecule has 0 aromatic carbocycles. The van der Waals surface area contributed by atoms with Crippen molar-refractivity contribution >= 4 is 34.8 Å². The quantitative estimate of drug-likeness (QED) is 0.672. The van der Waals surface area contributed by atoms with Crippen molar-refractivity contribution in [3.63, 3.8) is 0 Å². The van der Waals surface area contributed by atoms with Crippen molar-refractivity contribution in [3.8, 4) is 10.6 Å². The smallest absolute Gasteiger partial charge is 0.326 e. The van der Waals surface area contributed by atoms with Crippen LogP contribution in [0.3, 0.4) is 0 Å². The Balaban J connectivity index is 1.36. The van der Waals surface area contributed by atoms with Crippen LogP contribution in [0.2, 0.25) is 0 Å². The van der Waals surface area contributed by atoms with Gasteiger partial charge in [-0.1, -0.05) is 13.0 Å². The van der Waals surface area contributed by atoms with Gasteiger partial charge in [0.2, 0.25) is 0 Å². The summed E-state index contributed by atoms with van der Waals surface area (Å²) in [6.07, 6.45) is 3.44. The van der Waals surface area contributed by atoms with E-state index in [9.17, 15) is 4.79 Å². The second-order valence-corrected chi connectivity index (χ2v) is 7.51. The zero-order valence-electron chi connectivity index (χ0n) is 16.2. The Bertz CT molecular complexity index is 954. The molecular weight excluding hydrogens is 386 g/mol. The number of thiazole rings is 1. The molecule has 0 saturated carbocycles. The average molecular weight is 410 g/mol. The largest absolute Gasteiger partial charge is 0.354 e. The molecule has 9 heteroatoms. The first-order valence-corrected chi connectivity index (χ1v) is 10.5. The van der Waals surface area contributed by atoms with E-state index in [1.165, 1.54) is 11.3 Å². The third-order valence-corrected chi connectivity index (χ3v) is 5.68. The zero-order valence-corrected chi connectivity index (χ0v) is 17.0. The van der Waals surface area contributed by atoms with Gasteiger partial charge in [-0.2, -0.15) is 0 Å². The van der Waals surface area contributed by atoms with E-state index in [0.717, 1.165) is 49.1 Å². The van der Waals surface area contributed by atoms with E-state index in [0.29, 0.717) is 11.6 Å². The van der Waals surface area contributed by atoms with Crippen LogP contribution in [0.15, 0.2) is 48.1 Å². The monoisotopic (exact) mass is 409 g/mol. The molecule has 0 unspecified atom stereocenters. The highest BCUT2D eigenvalue weighted by Gasteiger charge is 2.17. The second-order valence-electron chi connectivity index (χ2n) is 6.66. The van der Waals surface area contributed by atoms with Gasteiger partial charge in [0.1, 0.15) is 22.5 Å². The SMILES string of the molecule is CCN1CCN(c2cccc(NC(=O)Nc3csc(-c4ccncc4)n3)n2)CC1. The third kappa shape index (κ3) is 4.87. The third-order valence-electron chi connectivity index (χ3n) is 4.79. The molecule has 0 atom stereocenters. The molecule has 1 saturated heterocycles. The van der Waals surface area contributed by atoms with Crippen LogP contribution in [-0.2, 0) is 0 Å². The van der Waals surface area contributed by atoms with Crippen LogP contribution in [-0.4, -0.2) is 58.6 Å². The lowest BCUT2D eigenvalue weighted by molar-refractivity contribution is 0.262. The van der Waals surface area contributed by atoms with Crippen molar-refractivity contribution in [2.24, 2.45) is 0 Å². The van der Waals surface area contributed by atoms with Crippen LogP contribution < -0.4 is 15.5 Å². The van der Waals surface area contributed by atoms with E-state index >= 15 is 0 Å². The van der Waals surface area contributed by atoms with Crippen LogP contribution in [0.25, 0.3) is 10.6 Å². The Morgan fingerprint density at radius 1 is 1.03 bits per heavy atom. The van der Waals surface area contributed by atoms with Crippen LogP contribution >= 0.6 is 11.3 Å². The minimum atomic E-state index is -0.364. The number of aromatic nitrogens is 3. The van der Waals surface area contributed by atoms with Gasteiger partial charge in [0.25, 0.3) is 0 Å². The second kappa shape index (κ2) is 8.97. The molecule has 3 aromatic rings. The zero-order chi connectivity index (χ0) is 20.1. The van der Waals surface area contributed by atoms with Crippen LogP contribution in [0.1, 0.15) is 6.92 Å². The van der Waals surface area contributed by atoms with Crippen molar-refractivity contribution in [1.29, 1.82) is 0 Å². The summed E-state index contributed by atoms with van der Waals surface area (Å²) < 4.78 is 0. The predicted molar refractivity (Wildman–Crippen MR) is 117 cm³/mol. The molecule has 0 radical (unpaired) electrons. The van der Waals surface area contributed by atoms with Crippen molar-refractivity contribution < 1.29 is 4.79 Å². The highest BCUT2D eigenvalue weighted by atomic mass is 32.1. The van der Waals surface area contributed by atoms with E-state index in [2.05, 4.69) is 42.3 Å². The van der Waals surface area contributed by atoms with Crippen LogP contribution in [0.4, 0.5) is 22.2 Å². The Morgan fingerprint density at radius 2 is 1.79 bits per heavy atom. The molecule has 0 spiro atoms. The molecule has 1 aliphatic heterocycles. The van der Waals surface area contributed by atoms with E-state index in [1.54, 1.807) is 18.5 Å². The maximum absolute atomic E-state index is 12.4. The number of piperazine rings is 1. The predicted octanol–water partition coefficient (Wildman–Crippen LogP) is 3.39. The number of carbonyl (C=O) groups excluding carboxylic acids is 1. The minimum Gasteiger partial charge on any atom is -0.354 e. The highest BCUT2D eigenvalue weighted by Crippen LogP contribution is 2.25. The Labute approximate surface area is 173 Å². The molecule has 29 heavy (non-hydrogen) atoms. The van der Waals surface area contributed by atoms with E-state index in [4.69, 9.17) is 0 Å². The van der Waals surface area contributed by atoms with Crippen LogP contribution in [0.5, 0.6) is 0 Å². The molecule has 8 nitrogen and oxygen atoms in total. The molecule has 2 amide bonds. The number of urea groups is 1. The molecule has 150 valence electrons. The number of pyridine rings is 2. The lowest BCUT2D eigenvalue weighted by Crippen LogP contribution is -2.46. The Hall–Kier alpha value is -3.04. The number of hydrogen-bond acceptors (Lipinski definition) is 7. The topological polar surface area (TPSA) is 86.3 Å². The molecule has 3 aromatic heterocycles. The van der Waals surface area contributed by atoms with Gasteiger partial charge in [0, 0.05) is 49.5 Å². The highest BCUT2D eigenvalue weighted by molar-refractivity contribution is 7.13.